The Balaban J connectivity index is 2.27. The van der Waals surface area contributed by atoms with Crippen LogP contribution in [0.5, 0.6) is 0 Å². The molecule has 0 unspecified atom stereocenters. The summed E-state index contributed by atoms with van der Waals surface area (Å²) in [5.74, 6) is 0.0785. The van der Waals surface area contributed by atoms with E-state index in [1.165, 1.54) is 0 Å². The van der Waals surface area contributed by atoms with Gasteiger partial charge in [-0.1, -0.05) is 0 Å². The molecule has 0 saturated carbocycles. The summed E-state index contributed by atoms with van der Waals surface area (Å²) in [5.41, 5.74) is 1.85. The van der Waals surface area contributed by atoms with E-state index in [4.69, 9.17) is 0 Å². The van der Waals surface area contributed by atoms with Crippen LogP contribution in [0.4, 0.5) is 0 Å². The third-order valence-corrected chi connectivity index (χ3v) is 1.99. The van der Waals surface area contributed by atoms with E-state index in [-0.39, 0.29) is 5.91 Å². The van der Waals surface area contributed by atoms with Crippen LogP contribution in [0.15, 0.2) is 12.4 Å². The van der Waals surface area contributed by atoms with Crippen molar-refractivity contribution in [1.29, 1.82) is 0 Å². The molecule has 4 heteroatoms. The van der Waals surface area contributed by atoms with Crippen molar-refractivity contribution < 1.29 is 4.79 Å². The zero-order valence-corrected chi connectivity index (χ0v) is 6.82. The molecule has 12 heavy (non-hydrogen) atoms. The Kier molecular flexibility index (Phi) is 1.53. The number of rotatable bonds is 0. The van der Waals surface area contributed by atoms with Crippen molar-refractivity contribution in [2.45, 2.75) is 20.0 Å². The summed E-state index contributed by atoms with van der Waals surface area (Å²) in [6.07, 6.45) is 3.31. The summed E-state index contributed by atoms with van der Waals surface area (Å²) in [6.45, 7) is 2.78. The van der Waals surface area contributed by atoms with Gasteiger partial charge in [0.25, 0.3) is 0 Å². The summed E-state index contributed by atoms with van der Waals surface area (Å²) < 4.78 is 0. The summed E-state index contributed by atoms with van der Waals surface area (Å²) in [7, 11) is 0. The second-order valence-electron chi connectivity index (χ2n) is 2.82. The fourth-order valence-corrected chi connectivity index (χ4v) is 1.30. The standard InChI is InChI=1S/C8H9N3O/c1-6(12)11-4-7-8(5-11)10-3-2-9-7/h2-3H,4-5H2,1H3. The Bertz CT molecular complexity index is 299. The van der Waals surface area contributed by atoms with Gasteiger partial charge in [-0.3, -0.25) is 14.8 Å². The van der Waals surface area contributed by atoms with Crippen molar-refractivity contribution >= 4 is 5.91 Å². The van der Waals surface area contributed by atoms with E-state index >= 15 is 0 Å². The van der Waals surface area contributed by atoms with Crippen LogP contribution in [0.25, 0.3) is 0 Å². The molecule has 0 N–H and O–H groups in total. The molecular formula is C8H9N3O. The van der Waals surface area contributed by atoms with E-state index in [1.54, 1.807) is 24.2 Å². The molecule has 0 aliphatic carbocycles. The van der Waals surface area contributed by atoms with Crippen LogP contribution in [-0.2, 0) is 17.9 Å². The van der Waals surface area contributed by atoms with Crippen LogP contribution >= 0.6 is 0 Å². The first-order valence-electron chi connectivity index (χ1n) is 3.81. The second kappa shape index (κ2) is 2.55. The topological polar surface area (TPSA) is 46.1 Å². The van der Waals surface area contributed by atoms with Gasteiger partial charge in [-0.2, -0.15) is 0 Å². The SMILES string of the molecule is CC(=O)N1Cc2nccnc2C1. The number of carbonyl (C=O) groups excluding carboxylic acids is 1. The highest BCUT2D eigenvalue weighted by Crippen LogP contribution is 2.17. The molecule has 0 atom stereocenters. The highest BCUT2D eigenvalue weighted by atomic mass is 16.2. The molecule has 0 spiro atoms. The molecule has 2 rings (SSSR count). The minimum Gasteiger partial charge on any atom is -0.331 e. The highest BCUT2D eigenvalue weighted by Gasteiger charge is 2.22. The molecular weight excluding hydrogens is 154 g/mol. The van der Waals surface area contributed by atoms with E-state index < -0.39 is 0 Å². The summed E-state index contributed by atoms with van der Waals surface area (Å²) >= 11 is 0. The fraction of sp³-hybridized carbons (Fsp3) is 0.375. The van der Waals surface area contributed by atoms with Gasteiger partial charge in [0.1, 0.15) is 0 Å². The van der Waals surface area contributed by atoms with Gasteiger partial charge < -0.3 is 4.90 Å². The minimum absolute atomic E-state index is 0.0785. The Labute approximate surface area is 70.2 Å². The van der Waals surface area contributed by atoms with Crippen molar-refractivity contribution in [3.63, 3.8) is 0 Å². The van der Waals surface area contributed by atoms with Gasteiger partial charge in [0, 0.05) is 19.3 Å². The minimum atomic E-state index is 0.0785. The first kappa shape index (κ1) is 7.21. The predicted molar refractivity (Wildman–Crippen MR) is 42.0 cm³/mol. The monoisotopic (exact) mass is 163 g/mol. The smallest absolute Gasteiger partial charge is 0.220 e. The van der Waals surface area contributed by atoms with E-state index in [0.29, 0.717) is 13.1 Å². The number of hydrogen-bond donors (Lipinski definition) is 0. The molecule has 1 aromatic heterocycles. The molecule has 1 aliphatic rings. The van der Waals surface area contributed by atoms with E-state index in [9.17, 15) is 4.79 Å². The van der Waals surface area contributed by atoms with Gasteiger partial charge in [-0.15, -0.1) is 0 Å². The lowest BCUT2D eigenvalue weighted by atomic mass is 10.4. The number of carbonyl (C=O) groups is 1. The summed E-state index contributed by atoms with van der Waals surface area (Å²) in [6, 6.07) is 0. The molecule has 0 aromatic carbocycles. The predicted octanol–water partition coefficient (Wildman–Crippen LogP) is 0.339. The highest BCUT2D eigenvalue weighted by molar-refractivity contribution is 5.73. The number of nitrogens with zero attached hydrogens (tertiary/aromatic N) is 3. The van der Waals surface area contributed by atoms with Crippen molar-refractivity contribution in [3.8, 4) is 0 Å². The molecule has 2 heterocycles. The van der Waals surface area contributed by atoms with E-state index in [2.05, 4.69) is 9.97 Å². The molecule has 0 fully saturated rings. The van der Waals surface area contributed by atoms with Crippen LogP contribution in [-0.4, -0.2) is 20.8 Å². The largest absolute Gasteiger partial charge is 0.331 e. The van der Waals surface area contributed by atoms with Gasteiger partial charge in [0.2, 0.25) is 5.91 Å². The molecule has 1 amide bonds. The molecule has 1 aromatic rings. The number of hydrogen-bond acceptors (Lipinski definition) is 3. The normalized spacial score (nSPS) is 14.6. The van der Waals surface area contributed by atoms with Crippen LogP contribution < -0.4 is 0 Å². The maximum atomic E-state index is 11.0. The number of amides is 1. The molecule has 4 nitrogen and oxygen atoms in total. The van der Waals surface area contributed by atoms with Crippen LogP contribution in [0, 0.1) is 0 Å². The van der Waals surface area contributed by atoms with E-state index in [0.717, 1.165) is 11.4 Å². The lowest BCUT2D eigenvalue weighted by Gasteiger charge is -2.10. The Hall–Kier alpha value is -1.45. The van der Waals surface area contributed by atoms with Crippen LogP contribution in [0.2, 0.25) is 0 Å². The lowest BCUT2D eigenvalue weighted by molar-refractivity contribution is -0.129. The van der Waals surface area contributed by atoms with Crippen LogP contribution in [0.1, 0.15) is 18.3 Å². The quantitative estimate of drug-likeness (QED) is 0.554. The second-order valence-corrected chi connectivity index (χ2v) is 2.82. The van der Waals surface area contributed by atoms with Crippen molar-refractivity contribution in [1.82, 2.24) is 14.9 Å². The van der Waals surface area contributed by atoms with Crippen molar-refractivity contribution in [2.24, 2.45) is 0 Å². The molecule has 0 radical (unpaired) electrons. The summed E-state index contributed by atoms with van der Waals surface area (Å²) in [4.78, 5) is 21.0. The van der Waals surface area contributed by atoms with Gasteiger partial charge in [0.05, 0.1) is 24.5 Å². The van der Waals surface area contributed by atoms with Gasteiger partial charge in [-0.25, -0.2) is 0 Å². The molecule has 0 bridgehead atoms. The first-order valence-corrected chi connectivity index (χ1v) is 3.81. The van der Waals surface area contributed by atoms with E-state index in [1.807, 2.05) is 0 Å². The molecule has 1 aliphatic heterocycles. The Morgan fingerprint density at radius 3 is 2.25 bits per heavy atom. The average Bonchev–Trinajstić information content (AvgIpc) is 2.46. The Morgan fingerprint density at radius 1 is 1.33 bits per heavy atom. The van der Waals surface area contributed by atoms with Gasteiger partial charge in [-0.05, 0) is 0 Å². The van der Waals surface area contributed by atoms with Gasteiger partial charge in [0.15, 0.2) is 0 Å². The fourth-order valence-electron chi connectivity index (χ4n) is 1.30. The zero-order chi connectivity index (χ0) is 8.55. The van der Waals surface area contributed by atoms with Crippen LogP contribution in [0.3, 0.4) is 0 Å². The first-order chi connectivity index (χ1) is 5.77. The van der Waals surface area contributed by atoms with Crippen molar-refractivity contribution in [2.75, 3.05) is 0 Å². The van der Waals surface area contributed by atoms with Crippen molar-refractivity contribution in [3.05, 3.63) is 23.8 Å². The maximum absolute atomic E-state index is 11.0. The lowest BCUT2D eigenvalue weighted by Crippen LogP contribution is -2.21. The number of aromatic nitrogens is 2. The summed E-state index contributed by atoms with van der Waals surface area (Å²) in [5, 5.41) is 0. The maximum Gasteiger partial charge on any atom is 0.220 e. The third-order valence-electron chi connectivity index (χ3n) is 1.99. The molecule has 62 valence electrons. The average molecular weight is 163 g/mol. The number of fused-ring (bicyclic) bond motifs is 1. The molecule has 0 saturated heterocycles. The third kappa shape index (κ3) is 1.05. The Morgan fingerprint density at radius 2 is 1.83 bits per heavy atom. The zero-order valence-electron chi connectivity index (χ0n) is 6.82. The van der Waals surface area contributed by atoms with Gasteiger partial charge >= 0.3 is 0 Å².